The van der Waals surface area contributed by atoms with Crippen LogP contribution in [0.1, 0.15) is 4.88 Å². The Morgan fingerprint density at radius 2 is 2.03 bits per heavy atom. The molecule has 2 aromatic heterocycles. The fourth-order valence-corrected chi connectivity index (χ4v) is 4.54. The van der Waals surface area contributed by atoms with Crippen molar-refractivity contribution in [2.24, 2.45) is 0 Å². The van der Waals surface area contributed by atoms with Crippen molar-refractivity contribution >= 4 is 51.5 Å². The van der Waals surface area contributed by atoms with E-state index in [0.717, 1.165) is 33.3 Å². The molecule has 1 N–H and O–H groups in total. The van der Waals surface area contributed by atoms with Crippen LogP contribution in [-0.4, -0.2) is 21.2 Å². The number of aromatic nitrogens is 2. The number of amides is 1. The molecule has 2 heterocycles. The number of halogens is 3. The van der Waals surface area contributed by atoms with E-state index in [1.807, 2.05) is 17.5 Å². The predicted molar refractivity (Wildman–Crippen MR) is 119 cm³/mol. The molecule has 0 aliphatic carbocycles. The molecule has 0 fully saturated rings. The van der Waals surface area contributed by atoms with E-state index in [9.17, 15) is 18.4 Å². The molecule has 158 valence electrons. The minimum absolute atomic E-state index is 0.0419. The van der Waals surface area contributed by atoms with Crippen LogP contribution in [0.15, 0.2) is 63.9 Å². The molecule has 5 nitrogen and oxygen atoms in total. The molecule has 0 unspecified atom stereocenters. The molecule has 0 atom stereocenters. The molecular formula is C21H14ClF2N3O2S2. The van der Waals surface area contributed by atoms with E-state index in [1.165, 1.54) is 17.4 Å². The molecule has 0 saturated carbocycles. The van der Waals surface area contributed by atoms with Crippen LogP contribution in [0.25, 0.3) is 16.6 Å². The second-order valence-corrected chi connectivity index (χ2v) is 8.85. The maximum Gasteiger partial charge on any atom is 0.266 e. The van der Waals surface area contributed by atoms with E-state index < -0.39 is 17.2 Å². The van der Waals surface area contributed by atoms with Crippen molar-refractivity contribution in [1.82, 2.24) is 14.9 Å². The molecule has 4 rings (SSSR count). The number of hydrogen-bond donors (Lipinski definition) is 1. The first-order valence-electron chi connectivity index (χ1n) is 9.02. The van der Waals surface area contributed by atoms with E-state index in [-0.39, 0.29) is 27.9 Å². The lowest BCUT2D eigenvalue weighted by Gasteiger charge is -2.14. The van der Waals surface area contributed by atoms with Gasteiger partial charge in [0.05, 0.1) is 28.9 Å². The van der Waals surface area contributed by atoms with Gasteiger partial charge in [-0.05, 0) is 41.8 Å². The smallest absolute Gasteiger partial charge is 0.266 e. The quantitative estimate of drug-likeness (QED) is 0.320. The van der Waals surface area contributed by atoms with Crippen molar-refractivity contribution in [1.29, 1.82) is 0 Å². The van der Waals surface area contributed by atoms with Gasteiger partial charge in [0.25, 0.3) is 5.56 Å². The maximum atomic E-state index is 14.5. The minimum atomic E-state index is -0.922. The number of hydrogen-bond acceptors (Lipinski definition) is 5. The van der Waals surface area contributed by atoms with Gasteiger partial charge >= 0.3 is 0 Å². The first-order chi connectivity index (χ1) is 14.9. The molecule has 4 aromatic rings. The van der Waals surface area contributed by atoms with Crippen LogP contribution in [0.4, 0.5) is 8.78 Å². The summed E-state index contributed by atoms with van der Waals surface area (Å²) >= 11 is 8.51. The number of nitrogens with one attached hydrogen (secondary N) is 1. The molecule has 0 aliphatic rings. The number of rotatable bonds is 6. The summed E-state index contributed by atoms with van der Waals surface area (Å²) in [6.07, 6.45) is 0. The van der Waals surface area contributed by atoms with E-state index in [1.54, 1.807) is 12.1 Å². The third-order valence-electron chi connectivity index (χ3n) is 4.32. The Balaban J connectivity index is 1.70. The van der Waals surface area contributed by atoms with E-state index in [2.05, 4.69) is 10.3 Å². The average molecular weight is 478 g/mol. The Morgan fingerprint density at radius 3 is 2.77 bits per heavy atom. The SMILES string of the molecule is O=C(CSc1nc2ccc(Cl)cc2c(=O)n1-c1ccc(F)cc1F)NCc1cccs1. The second-order valence-electron chi connectivity index (χ2n) is 6.44. The largest absolute Gasteiger partial charge is 0.350 e. The third-order valence-corrected chi connectivity index (χ3v) is 6.37. The highest BCUT2D eigenvalue weighted by Crippen LogP contribution is 2.24. The van der Waals surface area contributed by atoms with Gasteiger partial charge in [0.2, 0.25) is 5.91 Å². The van der Waals surface area contributed by atoms with E-state index in [0.29, 0.717) is 23.2 Å². The first kappa shape index (κ1) is 21.5. The Morgan fingerprint density at radius 1 is 1.19 bits per heavy atom. The number of nitrogens with zero attached hydrogens (tertiary/aromatic N) is 2. The van der Waals surface area contributed by atoms with Gasteiger partial charge in [-0.15, -0.1) is 11.3 Å². The van der Waals surface area contributed by atoms with Gasteiger partial charge in [-0.1, -0.05) is 29.4 Å². The van der Waals surface area contributed by atoms with Crippen LogP contribution in [0.3, 0.4) is 0 Å². The lowest BCUT2D eigenvalue weighted by molar-refractivity contribution is -0.118. The minimum Gasteiger partial charge on any atom is -0.350 e. The van der Waals surface area contributed by atoms with Gasteiger partial charge in [0.15, 0.2) is 5.16 Å². The highest BCUT2D eigenvalue weighted by molar-refractivity contribution is 7.99. The lowest BCUT2D eigenvalue weighted by atomic mass is 10.2. The van der Waals surface area contributed by atoms with Crippen LogP contribution in [0, 0.1) is 11.6 Å². The number of benzene rings is 2. The van der Waals surface area contributed by atoms with Gasteiger partial charge in [-0.2, -0.15) is 0 Å². The zero-order chi connectivity index (χ0) is 22.0. The molecule has 0 radical (unpaired) electrons. The van der Waals surface area contributed by atoms with E-state index >= 15 is 0 Å². The summed E-state index contributed by atoms with van der Waals surface area (Å²) < 4.78 is 29.0. The van der Waals surface area contributed by atoms with E-state index in [4.69, 9.17) is 11.6 Å². The Labute approximate surface area is 188 Å². The highest BCUT2D eigenvalue weighted by atomic mass is 35.5. The van der Waals surface area contributed by atoms with Crippen LogP contribution in [-0.2, 0) is 11.3 Å². The fraction of sp³-hybridized carbons (Fsp3) is 0.0952. The summed E-state index contributed by atoms with van der Waals surface area (Å²) in [5.74, 6) is -2.00. The van der Waals surface area contributed by atoms with Crippen molar-refractivity contribution in [2.45, 2.75) is 11.7 Å². The van der Waals surface area contributed by atoms with Crippen LogP contribution >= 0.6 is 34.7 Å². The lowest BCUT2D eigenvalue weighted by Crippen LogP contribution is -2.26. The summed E-state index contributed by atoms with van der Waals surface area (Å²) in [4.78, 5) is 30.9. The number of carbonyl (C=O) groups is 1. The maximum absolute atomic E-state index is 14.5. The summed E-state index contributed by atoms with van der Waals surface area (Å²) in [5, 5.41) is 5.32. The highest BCUT2D eigenvalue weighted by Gasteiger charge is 2.18. The molecule has 31 heavy (non-hydrogen) atoms. The topological polar surface area (TPSA) is 64.0 Å². The van der Waals surface area contributed by atoms with Gasteiger partial charge in [-0.3, -0.25) is 14.2 Å². The average Bonchev–Trinajstić information content (AvgIpc) is 3.26. The zero-order valence-electron chi connectivity index (χ0n) is 15.8. The Kier molecular flexibility index (Phi) is 6.35. The summed E-state index contributed by atoms with van der Waals surface area (Å²) in [6, 6.07) is 11.3. The van der Waals surface area contributed by atoms with Crippen molar-refractivity contribution in [3.8, 4) is 5.69 Å². The normalized spacial score (nSPS) is 11.1. The van der Waals surface area contributed by atoms with Gasteiger partial charge < -0.3 is 5.32 Å². The number of carbonyl (C=O) groups excluding carboxylic acids is 1. The van der Waals surface area contributed by atoms with Crippen LogP contribution < -0.4 is 10.9 Å². The monoisotopic (exact) mass is 477 g/mol. The molecular weight excluding hydrogens is 464 g/mol. The van der Waals surface area contributed by atoms with Crippen molar-refractivity contribution in [3.05, 3.63) is 85.8 Å². The van der Waals surface area contributed by atoms with Crippen molar-refractivity contribution < 1.29 is 13.6 Å². The Hall–Kier alpha value is -2.75. The van der Waals surface area contributed by atoms with Crippen LogP contribution in [0.2, 0.25) is 5.02 Å². The summed E-state index contributed by atoms with van der Waals surface area (Å²) in [7, 11) is 0. The number of thiophene rings is 1. The second kappa shape index (κ2) is 9.17. The first-order valence-corrected chi connectivity index (χ1v) is 11.3. The number of thioether (sulfide) groups is 1. The molecule has 10 heteroatoms. The summed E-state index contributed by atoms with van der Waals surface area (Å²) in [5.41, 5.74) is -0.378. The Bertz CT molecular complexity index is 1330. The van der Waals surface area contributed by atoms with Crippen LogP contribution in [0.5, 0.6) is 0 Å². The molecule has 1 amide bonds. The number of fused-ring (bicyclic) bond motifs is 1. The van der Waals surface area contributed by atoms with Crippen molar-refractivity contribution in [3.63, 3.8) is 0 Å². The van der Waals surface area contributed by atoms with Gasteiger partial charge in [-0.25, -0.2) is 13.8 Å². The predicted octanol–water partition coefficient (Wildman–Crippen LogP) is 4.79. The van der Waals surface area contributed by atoms with Gasteiger partial charge in [0, 0.05) is 16.0 Å². The third kappa shape index (κ3) is 4.79. The zero-order valence-corrected chi connectivity index (χ0v) is 18.2. The molecule has 0 bridgehead atoms. The molecule has 0 saturated heterocycles. The van der Waals surface area contributed by atoms with Crippen molar-refractivity contribution in [2.75, 3.05) is 5.75 Å². The van der Waals surface area contributed by atoms with Gasteiger partial charge in [0.1, 0.15) is 11.6 Å². The summed E-state index contributed by atoms with van der Waals surface area (Å²) in [6.45, 7) is 0.389. The molecule has 2 aromatic carbocycles. The molecule has 0 spiro atoms. The molecule has 0 aliphatic heterocycles. The standard InChI is InChI=1S/C21H14ClF2N3O2S2/c22-12-3-5-17-15(8-12)20(29)27(18-6-4-13(23)9-16(18)24)21(26-17)31-11-19(28)25-10-14-2-1-7-30-14/h1-9H,10-11H2,(H,25,28). The fourth-order valence-electron chi connectivity index (χ4n) is 2.89.